The zero-order chi connectivity index (χ0) is 88.4. The van der Waals surface area contributed by atoms with Gasteiger partial charge in [0.2, 0.25) is 0 Å². The Balaban J connectivity index is 0.000000193. The highest BCUT2D eigenvalue weighted by molar-refractivity contribution is 5.73. The molecule has 2 fully saturated rings. The van der Waals surface area contributed by atoms with Crippen LogP contribution < -0.4 is 11.1 Å². The summed E-state index contributed by atoms with van der Waals surface area (Å²) in [7, 11) is 5.73. The first-order chi connectivity index (χ1) is 59.3. The van der Waals surface area contributed by atoms with Gasteiger partial charge in [0.1, 0.15) is 70.5 Å². The zero-order valence-corrected chi connectivity index (χ0v) is 69.9. The third-order valence-electron chi connectivity index (χ3n) is 21.2. The quantitative estimate of drug-likeness (QED) is 0.0174. The standard InChI is InChI=1S/C29H34F2N2O.C23H23F2NO.C23H21F2NO.C10H11F2NO2.C9H11F2NO.C6H13N/c1-32-15-9-8-14-27(32)29(34)28(18-24-16-25(30)19-26(31)17-24)33(20-22-10-4-2-5-11-22)21-23-12-6-3-7-13-23;2*24-21-11-20(12-22(25)14-21)13-23(17-27)26(15-18-7-3-1-4-8-18)16-19-9-5-2-6-10-19;1-13-9(10(14)15)4-6-2-7(11)5-8(12)3-6;10-7-1-6(2-8(11)4-7)3-9(12)5-13;1-7-5-3-2-4-6-7/h2-7,10-13,16-17,19,27-29,34H,8-9,14-15,18,20-21H2,1H3;1-12,14,23,27H,13,15-17H2;1-12,14,17,23H,13,15-16H2;2-3,5,9,13H,4H2,1H3,(H,14,15);1-2,4,9,13H,3,5,12H2;2-6H2,1H3/t27-,28-,29-;2*23-;2*9-;/m11100./s1. The number of hydrogen-bond donors (Lipinski definition) is 6. The molecule has 2 aliphatic heterocycles. The molecule has 654 valence electrons. The molecule has 11 aromatic rings. The molecule has 0 saturated carbocycles. The van der Waals surface area contributed by atoms with Gasteiger partial charge in [-0.3, -0.25) is 19.5 Å². The van der Waals surface area contributed by atoms with E-state index in [-0.39, 0.29) is 50.6 Å². The van der Waals surface area contributed by atoms with Crippen LogP contribution >= 0.6 is 0 Å². The van der Waals surface area contributed by atoms with Crippen molar-refractivity contribution in [3.63, 3.8) is 0 Å². The van der Waals surface area contributed by atoms with Crippen molar-refractivity contribution in [2.24, 2.45) is 5.73 Å². The molecule has 0 aromatic heterocycles. The Kier molecular flexibility index (Phi) is 42.0. The Morgan fingerprint density at radius 1 is 0.398 bits per heavy atom. The van der Waals surface area contributed by atoms with Gasteiger partial charge < -0.3 is 46.1 Å². The summed E-state index contributed by atoms with van der Waals surface area (Å²) in [6, 6.07) is 74.5. The first kappa shape index (κ1) is 97.9. The second-order valence-corrected chi connectivity index (χ2v) is 31.2. The summed E-state index contributed by atoms with van der Waals surface area (Å²) in [4.78, 5) is 33.6. The number of nitrogens with two attached hydrogens (primary N) is 1. The van der Waals surface area contributed by atoms with Crippen molar-refractivity contribution in [2.75, 3.05) is 54.0 Å². The number of carbonyl (C=O) groups excluding carboxylic acids is 1. The van der Waals surface area contributed by atoms with Crippen LogP contribution in [0.25, 0.3) is 0 Å². The van der Waals surface area contributed by atoms with Crippen molar-refractivity contribution in [1.29, 1.82) is 0 Å². The average Bonchev–Trinajstić information content (AvgIpc) is 0.811. The van der Waals surface area contributed by atoms with E-state index in [0.717, 1.165) is 108 Å². The van der Waals surface area contributed by atoms with Gasteiger partial charge >= 0.3 is 5.97 Å². The topological polar surface area (TPSA) is 169 Å². The molecule has 23 heteroatoms. The lowest BCUT2D eigenvalue weighted by Crippen LogP contribution is -2.55. The minimum Gasteiger partial charge on any atom is -0.480 e. The normalized spacial score (nSPS) is 14.8. The third-order valence-corrected chi connectivity index (χ3v) is 21.2. The Labute approximate surface area is 716 Å². The number of rotatable bonds is 32. The van der Waals surface area contributed by atoms with Crippen molar-refractivity contribution < 1.29 is 73.9 Å². The molecule has 2 heterocycles. The van der Waals surface area contributed by atoms with Gasteiger partial charge in [0.05, 0.1) is 25.4 Å². The number of hydrogen-bond acceptors (Lipinski definition) is 12. The lowest BCUT2D eigenvalue weighted by Gasteiger charge is -2.43. The van der Waals surface area contributed by atoms with Crippen LogP contribution in [-0.4, -0.2) is 154 Å². The molecule has 2 aliphatic rings. The van der Waals surface area contributed by atoms with E-state index < -0.39 is 88.4 Å². The first-order valence-electron chi connectivity index (χ1n) is 41.4. The fourth-order valence-corrected chi connectivity index (χ4v) is 15.0. The second-order valence-electron chi connectivity index (χ2n) is 31.2. The summed E-state index contributed by atoms with van der Waals surface area (Å²) in [5, 5.41) is 41.7. The third kappa shape index (κ3) is 36.1. The number of carboxylic acids is 1. The molecule has 2 saturated heterocycles. The molecule has 13 rings (SSSR count). The Bertz CT molecular complexity index is 4640. The number of aliphatic hydroxyl groups is 3. The molecule has 0 aliphatic carbocycles. The number of nitrogens with zero attached hydrogens (tertiary/aromatic N) is 5. The van der Waals surface area contributed by atoms with Crippen LogP contribution in [0.4, 0.5) is 43.9 Å². The minimum atomic E-state index is -1.05. The van der Waals surface area contributed by atoms with Crippen molar-refractivity contribution in [2.45, 2.75) is 152 Å². The van der Waals surface area contributed by atoms with Crippen LogP contribution in [-0.2, 0) is 81.0 Å². The van der Waals surface area contributed by atoms with Gasteiger partial charge in [-0.1, -0.05) is 195 Å². The predicted octanol–water partition coefficient (Wildman–Crippen LogP) is 17.9. The molecular formula is C100H113F10N7O6. The lowest BCUT2D eigenvalue weighted by molar-refractivity contribution is -0.139. The molecule has 7 N–H and O–H groups in total. The number of likely N-dealkylation sites (N-methyl/N-ethyl adjacent to an activating group) is 2. The second kappa shape index (κ2) is 52.8. The molecule has 0 spiro atoms. The number of aliphatic carboxylic acids is 1. The predicted molar refractivity (Wildman–Crippen MR) is 464 cm³/mol. The van der Waals surface area contributed by atoms with E-state index in [2.05, 4.69) is 63.3 Å². The van der Waals surface area contributed by atoms with E-state index in [1.54, 1.807) is 0 Å². The van der Waals surface area contributed by atoms with Crippen molar-refractivity contribution in [3.05, 3.63) is 392 Å². The molecule has 0 unspecified atom stereocenters. The summed E-state index contributed by atoms with van der Waals surface area (Å²) in [6.45, 7) is 6.96. The molecule has 0 bridgehead atoms. The molecule has 0 radical (unpaired) electrons. The molecule has 123 heavy (non-hydrogen) atoms. The Morgan fingerprint density at radius 3 is 0.992 bits per heavy atom. The summed E-state index contributed by atoms with van der Waals surface area (Å²) in [6.07, 6.45) is 8.86. The fourth-order valence-electron chi connectivity index (χ4n) is 15.0. The van der Waals surface area contributed by atoms with Gasteiger partial charge in [-0.25, -0.2) is 43.9 Å². The van der Waals surface area contributed by atoms with E-state index in [1.165, 1.54) is 87.9 Å². The van der Waals surface area contributed by atoms with Crippen LogP contribution in [0.5, 0.6) is 0 Å². The first-order valence-corrected chi connectivity index (χ1v) is 41.4. The van der Waals surface area contributed by atoms with E-state index >= 15 is 0 Å². The van der Waals surface area contributed by atoms with Crippen LogP contribution in [0, 0.1) is 58.2 Å². The lowest BCUT2D eigenvalue weighted by atomic mass is 9.89. The molecule has 0 amide bonds. The Morgan fingerprint density at radius 2 is 0.699 bits per heavy atom. The average molecular weight is 1700 g/mol. The number of benzene rings is 11. The van der Waals surface area contributed by atoms with Crippen LogP contribution in [0.2, 0.25) is 0 Å². The highest BCUT2D eigenvalue weighted by Crippen LogP contribution is 2.29. The monoisotopic (exact) mass is 1700 g/mol. The molecule has 13 nitrogen and oxygen atoms in total. The van der Waals surface area contributed by atoms with Gasteiger partial charge in [0.25, 0.3) is 0 Å². The molecular weight excluding hydrogens is 1590 g/mol. The SMILES string of the molecule is CN1CCCCC1.CN1CCCC[C@@H]1[C@@H](O)[C@@H](Cc1cc(F)cc(F)c1)N(Cc1ccccc1)Cc1ccccc1.CN[C@@H](Cc1cc(F)cc(F)c1)C(=O)O.N[C@H](CO)Cc1cc(F)cc(F)c1.O=C[C@@H](Cc1cc(F)cc(F)c1)N(Cc1ccccc1)Cc1ccccc1.OC[C@@H](Cc1cc(F)cc(F)c1)N(Cc1ccccc1)Cc1ccccc1. The van der Waals surface area contributed by atoms with E-state index in [1.807, 2.05) is 163 Å². The van der Waals surface area contributed by atoms with Crippen LogP contribution in [0.15, 0.2) is 273 Å². The van der Waals surface area contributed by atoms with Crippen molar-refractivity contribution in [1.82, 2.24) is 29.8 Å². The van der Waals surface area contributed by atoms with E-state index in [9.17, 15) is 63.7 Å². The number of piperidine rings is 2. The van der Waals surface area contributed by atoms with E-state index in [4.69, 9.17) is 15.9 Å². The smallest absolute Gasteiger partial charge is 0.321 e. The number of carboxylic acid groups (broad SMARTS) is 1. The van der Waals surface area contributed by atoms with Crippen molar-refractivity contribution >= 4 is 12.3 Å². The largest absolute Gasteiger partial charge is 0.480 e. The maximum absolute atomic E-state index is 14.1. The minimum absolute atomic E-state index is 0.00574. The summed E-state index contributed by atoms with van der Waals surface area (Å²) >= 11 is 0. The number of halogens is 10. The van der Waals surface area contributed by atoms with Gasteiger partial charge in [-0.05, 0) is 220 Å². The number of aliphatic hydroxyl groups excluding tert-OH is 3. The van der Waals surface area contributed by atoms with Crippen LogP contribution in [0.1, 0.15) is 99.7 Å². The number of carbonyl (C=O) groups is 2. The van der Waals surface area contributed by atoms with Crippen LogP contribution in [0.3, 0.4) is 0 Å². The fraction of sp³-hybridized carbons (Fsp3) is 0.320. The summed E-state index contributed by atoms with van der Waals surface area (Å²) < 4.78 is 133. The summed E-state index contributed by atoms with van der Waals surface area (Å²) in [5.74, 6) is -7.34. The highest BCUT2D eigenvalue weighted by atomic mass is 19.2. The maximum Gasteiger partial charge on any atom is 0.321 e. The number of aldehydes is 1. The number of nitrogens with one attached hydrogen (secondary N) is 1. The van der Waals surface area contributed by atoms with Gasteiger partial charge in [0, 0.05) is 93.8 Å². The van der Waals surface area contributed by atoms with Gasteiger partial charge in [0.15, 0.2) is 0 Å². The van der Waals surface area contributed by atoms with Crippen molar-refractivity contribution in [3.8, 4) is 0 Å². The van der Waals surface area contributed by atoms with Gasteiger partial charge in [-0.15, -0.1) is 0 Å². The maximum atomic E-state index is 14.1. The zero-order valence-electron chi connectivity index (χ0n) is 69.9. The number of likely N-dealkylation sites (tertiary alicyclic amines) is 2. The molecule has 11 aromatic carbocycles. The van der Waals surface area contributed by atoms with E-state index in [0.29, 0.717) is 79.9 Å². The Hall–Kier alpha value is -10.5. The summed E-state index contributed by atoms with van der Waals surface area (Å²) in [5.41, 5.74) is 14.4. The highest BCUT2D eigenvalue weighted by Gasteiger charge is 2.36. The van der Waals surface area contributed by atoms with Gasteiger partial charge in [-0.2, -0.15) is 0 Å². The molecule has 7 atom stereocenters.